The van der Waals surface area contributed by atoms with Crippen molar-refractivity contribution in [2.45, 2.75) is 39.3 Å². The number of fused-ring (bicyclic) bond motifs is 1. The fraction of sp³-hybridized carbons (Fsp3) is 0.438. The maximum absolute atomic E-state index is 11.4. The lowest BCUT2D eigenvalue weighted by atomic mass is 9.87. The van der Waals surface area contributed by atoms with Crippen LogP contribution in [0, 0.1) is 0 Å². The van der Waals surface area contributed by atoms with Crippen LogP contribution in [-0.2, 0) is 4.79 Å². The zero-order valence-electron chi connectivity index (χ0n) is 12.6. The minimum Gasteiger partial charge on any atom is -0.497 e. The Morgan fingerprint density at radius 3 is 2.60 bits per heavy atom. The lowest BCUT2D eigenvalue weighted by molar-refractivity contribution is -0.138. The van der Waals surface area contributed by atoms with E-state index in [1.807, 2.05) is 43.9 Å². The summed E-state index contributed by atoms with van der Waals surface area (Å²) in [6, 6.07) is 5.17. The summed E-state index contributed by atoms with van der Waals surface area (Å²) in [5.74, 6) is -0.0491. The molecule has 0 radical (unpaired) electrons. The number of rotatable bonds is 3. The molecule has 0 bridgehead atoms. The molecular formula is C16H21NO3. The van der Waals surface area contributed by atoms with Crippen molar-refractivity contribution in [3.63, 3.8) is 0 Å². The number of benzene rings is 1. The molecule has 1 atom stereocenters. The molecule has 0 aliphatic carbocycles. The number of anilines is 1. The van der Waals surface area contributed by atoms with Crippen molar-refractivity contribution in [1.82, 2.24) is 0 Å². The summed E-state index contributed by atoms with van der Waals surface area (Å²) < 4.78 is 5.26. The van der Waals surface area contributed by atoms with Crippen molar-refractivity contribution in [3.8, 4) is 5.75 Å². The zero-order chi connectivity index (χ0) is 15.1. The average molecular weight is 275 g/mol. The van der Waals surface area contributed by atoms with E-state index >= 15 is 0 Å². The molecule has 1 heterocycles. The highest BCUT2D eigenvalue weighted by Crippen LogP contribution is 2.41. The molecular weight excluding hydrogens is 254 g/mol. The largest absolute Gasteiger partial charge is 0.497 e. The Bertz CT molecular complexity index is 575. The summed E-state index contributed by atoms with van der Waals surface area (Å²) in [6.45, 7) is 7.82. The quantitative estimate of drug-likeness (QED) is 0.920. The average Bonchev–Trinajstić information content (AvgIpc) is 2.37. The highest BCUT2D eigenvalue weighted by Gasteiger charge is 2.37. The van der Waals surface area contributed by atoms with Crippen LogP contribution in [0.2, 0.25) is 0 Å². The van der Waals surface area contributed by atoms with Crippen LogP contribution in [0.15, 0.2) is 24.3 Å². The van der Waals surface area contributed by atoms with Gasteiger partial charge in [-0.1, -0.05) is 6.08 Å². The van der Waals surface area contributed by atoms with Crippen LogP contribution in [0.3, 0.4) is 0 Å². The fourth-order valence-electron chi connectivity index (χ4n) is 2.97. The van der Waals surface area contributed by atoms with Gasteiger partial charge in [-0.2, -0.15) is 0 Å². The van der Waals surface area contributed by atoms with Gasteiger partial charge in [-0.25, -0.2) is 4.79 Å². The number of ether oxygens (including phenoxy) is 1. The Balaban J connectivity index is 2.62. The summed E-state index contributed by atoms with van der Waals surface area (Å²) in [7, 11) is 1.63. The number of carbonyl (C=O) groups is 1. The normalized spacial score (nSPS) is 18.1. The van der Waals surface area contributed by atoms with Crippen molar-refractivity contribution < 1.29 is 14.6 Å². The maximum Gasteiger partial charge on any atom is 0.326 e. The van der Waals surface area contributed by atoms with E-state index in [0.29, 0.717) is 0 Å². The minimum atomic E-state index is -0.826. The van der Waals surface area contributed by atoms with E-state index in [0.717, 1.165) is 22.6 Å². The number of nitrogens with zero attached hydrogens (tertiary/aromatic N) is 1. The number of carboxylic acids is 1. The van der Waals surface area contributed by atoms with Crippen molar-refractivity contribution >= 4 is 17.2 Å². The van der Waals surface area contributed by atoms with E-state index < -0.39 is 12.0 Å². The molecule has 0 saturated heterocycles. The molecule has 1 aromatic carbocycles. The van der Waals surface area contributed by atoms with E-state index in [1.165, 1.54) is 0 Å². The molecule has 4 nitrogen and oxygen atoms in total. The Morgan fingerprint density at radius 1 is 1.40 bits per heavy atom. The third-order valence-electron chi connectivity index (χ3n) is 3.82. The van der Waals surface area contributed by atoms with Crippen LogP contribution in [0.1, 0.15) is 33.3 Å². The first-order chi connectivity index (χ1) is 9.27. The first kappa shape index (κ1) is 14.4. The van der Waals surface area contributed by atoms with Gasteiger partial charge in [-0.15, -0.1) is 0 Å². The molecule has 4 heteroatoms. The molecule has 2 rings (SSSR count). The van der Waals surface area contributed by atoms with Crippen LogP contribution >= 0.6 is 0 Å². The Hall–Kier alpha value is -1.97. The van der Waals surface area contributed by atoms with Crippen LogP contribution in [-0.4, -0.2) is 29.8 Å². The van der Waals surface area contributed by atoms with Crippen LogP contribution < -0.4 is 9.64 Å². The standard InChI is InChI=1S/C16H21NO3/c1-10-9-16(3,4)17(11(2)15(18)19)14-7-6-12(20-5)8-13(10)14/h6-9,11H,1-5H3,(H,18,19). The lowest BCUT2D eigenvalue weighted by Gasteiger charge is -2.45. The highest BCUT2D eigenvalue weighted by molar-refractivity contribution is 5.87. The second kappa shape index (κ2) is 4.85. The molecule has 1 aliphatic rings. The number of hydrogen-bond acceptors (Lipinski definition) is 3. The second-order valence-electron chi connectivity index (χ2n) is 5.75. The molecule has 1 aliphatic heterocycles. The monoisotopic (exact) mass is 275 g/mol. The van der Waals surface area contributed by atoms with Gasteiger partial charge in [0.15, 0.2) is 0 Å². The smallest absolute Gasteiger partial charge is 0.326 e. The number of aliphatic carboxylic acids is 1. The summed E-state index contributed by atoms with van der Waals surface area (Å²) in [4.78, 5) is 13.4. The van der Waals surface area contributed by atoms with Crippen molar-refractivity contribution in [3.05, 3.63) is 29.8 Å². The summed E-state index contributed by atoms with van der Waals surface area (Å²) in [5.41, 5.74) is 2.75. The SMILES string of the molecule is COc1ccc2c(c1)C(C)=CC(C)(C)N2C(C)C(=O)O. The summed E-state index contributed by atoms with van der Waals surface area (Å²) in [6.07, 6.45) is 2.11. The van der Waals surface area contributed by atoms with Gasteiger partial charge in [0.2, 0.25) is 0 Å². The van der Waals surface area contributed by atoms with Crippen molar-refractivity contribution in [2.75, 3.05) is 12.0 Å². The third-order valence-corrected chi connectivity index (χ3v) is 3.82. The number of carboxylic acid groups (broad SMARTS) is 1. The topological polar surface area (TPSA) is 49.8 Å². The van der Waals surface area contributed by atoms with Crippen LogP contribution in [0.4, 0.5) is 5.69 Å². The van der Waals surface area contributed by atoms with Crippen LogP contribution in [0.5, 0.6) is 5.75 Å². The summed E-state index contributed by atoms with van der Waals surface area (Å²) in [5, 5.41) is 9.37. The van der Waals surface area contributed by atoms with E-state index in [1.54, 1.807) is 14.0 Å². The lowest BCUT2D eigenvalue weighted by Crippen LogP contribution is -2.53. The van der Waals surface area contributed by atoms with E-state index in [9.17, 15) is 9.90 Å². The predicted octanol–water partition coefficient (Wildman–Crippen LogP) is 3.17. The second-order valence-corrected chi connectivity index (χ2v) is 5.75. The van der Waals surface area contributed by atoms with Crippen molar-refractivity contribution in [1.29, 1.82) is 0 Å². The van der Waals surface area contributed by atoms with Gasteiger partial charge < -0.3 is 14.7 Å². The molecule has 0 saturated carbocycles. The highest BCUT2D eigenvalue weighted by atomic mass is 16.5. The Kier molecular flexibility index (Phi) is 3.50. The Labute approximate surface area is 119 Å². The molecule has 20 heavy (non-hydrogen) atoms. The fourth-order valence-corrected chi connectivity index (χ4v) is 2.97. The van der Waals surface area contributed by atoms with Crippen LogP contribution in [0.25, 0.3) is 5.57 Å². The number of allylic oxidation sites excluding steroid dienone is 1. The number of hydrogen-bond donors (Lipinski definition) is 1. The molecule has 0 fully saturated rings. The molecule has 0 spiro atoms. The van der Waals surface area contributed by atoms with E-state index in [4.69, 9.17) is 4.74 Å². The van der Waals surface area contributed by atoms with Gasteiger partial charge in [0, 0.05) is 11.3 Å². The predicted molar refractivity (Wildman–Crippen MR) is 80.3 cm³/mol. The Morgan fingerprint density at radius 2 is 2.05 bits per heavy atom. The first-order valence-electron chi connectivity index (χ1n) is 6.68. The number of methoxy groups -OCH3 is 1. The molecule has 1 N–H and O–H groups in total. The van der Waals surface area contributed by atoms with E-state index in [-0.39, 0.29) is 5.54 Å². The maximum atomic E-state index is 11.4. The molecule has 0 amide bonds. The van der Waals surface area contributed by atoms with Gasteiger partial charge in [-0.05, 0) is 51.5 Å². The molecule has 0 aromatic heterocycles. The van der Waals surface area contributed by atoms with Crippen molar-refractivity contribution in [2.24, 2.45) is 0 Å². The van der Waals surface area contributed by atoms with Gasteiger partial charge in [-0.3, -0.25) is 0 Å². The molecule has 108 valence electrons. The van der Waals surface area contributed by atoms with Gasteiger partial charge in [0.25, 0.3) is 0 Å². The van der Waals surface area contributed by atoms with E-state index in [2.05, 4.69) is 6.08 Å². The minimum absolute atomic E-state index is 0.344. The zero-order valence-corrected chi connectivity index (χ0v) is 12.6. The first-order valence-corrected chi connectivity index (χ1v) is 6.68. The van der Waals surface area contributed by atoms with Gasteiger partial charge in [0.05, 0.1) is 12.6 Å². The van der Waals surface area contributed by atoms with Gasteiger partial charge >= 0.3 is 5.97 Å². The molecule has 1 unspecified atom stereocenters. The molecule has 1 aromatic rings. The summed E-state index contributed by atoms with van der Waals surface area (Å²) >= 11 is 0. The third kappa shape index (κ3) is 2.26. The van der Waals surface area contributed by atoms with Gasteiger partial charge in [0.1, 0.15) is 11.8 Å².